The molecule has 0 spiro atoms. The number of amides is 2. The van der Waals surface area contributed by atoms with Gasteiger partial charge in [0, 0.05) is 11.3 Å². The van der Waals surface area contributed by atoms with Gasteiger partial charge in [-0.15, -0.1) is 0 Å². The molecule has 3 aromatic carbocycles. The van der Waals surface area contributed by atoms with Gasteiger partial charge in [0.15, 0.2) is 0 Å². The molecule has 0 fully saturated rings. The van der Waals surface area contributed by atoms with Gasteiger partial charge in [-0.3, -0.25) is 14.5 Å². The maximum atomic E-state index is 13.4. The van der Waals surface area contributed by atoms with Crippen LogP contribution in [0.15, 0.2) is 78.5 Å². The summed E-state index contributed by atoms with van der Waals surface area (Å²) in [5.74, 6) is -0.769. The highest BCUT2D eigenvalue weighted by Gasteiger charge is 2.40. The molecule has 0 aliphatic carbocycles. The van der Waals surface area contributed by atoms with Crippen LogP contribution in [0.2, 0.25) is 0 Å². The Morgan fingerprint density at radius 1 is 0.935 bits per heavy atom. The van der Waals surface area contributed by atoms with E-state index in [1.54, 1.807) is 36.4 Å². The third kappa shape index (κ3) is 4.05. The number of halogens is 1. The zero-order chi connectivity index (χ0) is 22.0. The maximum absolute atomic E-state index is 13.4. The molecule has 0 unspecified atom stereocenters. The van der Waals surface area contributed by atoms with Crippen LogP contribution in [0.4, 0.5) is 10.1 Å². The van der Waals surface area contributed by atoms with Crippen LogP contribution in [0, 0.1) is 12.7 Å². The van der Waals surface area contributed by atoms with Crippen molar-refractivity contribution in [3.8, 4) is 5.75 Å². The van der Waals surface area contributed by atoms with Crippen molar-refractivity contribution in [2.24, 2.45) is 0 Å². The van der Waals surface area contributed by atoms with Crippen molar-refractivity contribution >= 4 is 23.1 Å². The van der Waals surface area contributed by atoms with E-state index < -0.39 is 11.8 Å². The molecular weight excluding hydrogens is 395 g/mol. The Labute approximate surface area is 179 Å². The van der Waals surface area contributed by atoms with Gasteiger partial charge in [0.05, 0.1) is 19.2 Å². The van der Waals surface area contributed by atoms with Crippen molar-refractivity contribution in [3.05, 3.63) is 101 Å². The molecule has 1 N–H and O–H groups in total. The summed E-state index contributed by atoms with van der Waals surface area (Å²) < 4.78 is 18.7. The van der Waals surface area contributed by atoms with Crippen LogP contribution < -0.4 is 10.1 Å². The van der Waals surface area contributed by atoms with Gasteiger partial charge in [0.25, 0.3) is 11.8 Å². The number of nitrogens with one attached hydrogen (secondary N) is 1. The lowest BCUT2D eigenvalue weighted by Crippen LogP contribution is -2.32. The van der Waals surface area contributed by atoms with Gasteiger partial charge in [-0.2, -0.15) is 0 Å². The number of anilines is 1. The third-order valence-corrected chi connectivity index (χ3v) is 5.09. The van der Waals surface area contributed by atoms with Crippen molar-refractivity contribution in [2.45, 2.75) is 13.5 Å². The fourth-order valence-electron chi connectivity index (χ4n) is 3.58. The van der Waals surface area contributed by atoms with Gasteiger partial charge in [-0.1, -0.05) is 42.5 Å². The number of nitrogens with zero attached hydrogens (tertiary/aromatic N) is 1. The molecule has 0 atom stereocenters. The molecule has 156 valence electrons. The van der Waals surface area contributed by atoms with Crippen LogP contribution in [0.3, 0.4) is 0 Å². The Morgan fingerprint density at radius 2 is 1.68 bits per heavy atom. The Morgan fingerprint density at radius 3 is 2.39 bits per heavy atom. The second kappa shape index (κ2) is 8.44. The minimum absolute atomic E-state index is 0.0373. The Bertz CT molecular complexity index is 1190. The Balaban J connectivity index is 1.78. The number of para-hydroxylation sites is 1. The quantitative estimate of drug-likeness (QED) is 0.600. The van der Waals surface area contributed by atoms with Crippen molar-refractivity contribution in [1.82, 2.24) is 4.90 Å². The number of aryl methyl sites for hydroxylation is 1. The lowest BCUT2D eigenvalue weighted by molar-refractivity contribution is -0.137. The lowest BCUT2D eigenvalue weighted by Gasteiger charge is -2.15. The highest BCUT2D eigenvalue weighted by Crippen LogP contribution is 2.35. The van der Waals surface area contributed by atoms with Gasteiger partial charge in [0.1, 0.15) is 17.3 Å². The molecule has 5 nitrogen and oxygen atoms in total. The van der Waals surface area contributed by atoms with E-state index in [0.717, 1.165) is 10.5 Å². The number of carbonyl (C=O) groups excluding carboxylic acids is 2. The average molecular weight is 416 g/mol. The van der Waals surface area contributed by atoms with E-state index in [9.17, 15) is 14.0 Å². The second-order valence-corrected chi connectivity index (χ2v) is 7.27. The van der Waals surface area contributed by atoms with Crippen molar-refractivity contribution in [2.75, 3.05) is 12.4 Å². The number of ether oxygens (including phenoxy) is 1. The number of carbonyl (C=O) groups is 2. The smallest absolute Gasteiger partial charge is 0.278 e. The fraction of sp³-hybridized carbons (Fsp3) is 0.120. The normalized spacial score (nSPS) is 13.7. The van der Waals surface area contributed by atoms with Gasteiger partial charge in [-0.05, 0) is 48.4 Å². The van der Waals surface area contributed by atoms with Crippen molar-refractivity contribution < 1.29 is 18.7 Å². The van der Waals surface area contributed by atoms with E-state index in [4.69, 9.17) is 4.74 Å². The largest absolute Gasteiger partial charge is 0.496 e. The Kier molecular flexibility index (Phi) is 5.54. The van der Waals surface area contributed by atoms with E-state index in [2.05, 4.69) is 5.32 Å². The first-order chi connectivity index (χ1) is 15.0. The zero-order valence-electron chi connectivity index (χ0n) is 17.2. The molecule has 1 heterocycles. The number of benzene rings is 3. The molecule has 0 radical (unpaired) electrons. The summed E-state index contributed by atoms with van der Waals surface area (Å²) in [5.41, 5.74) is 3.32. The van der Waals surface area contributed by atoms with Crippen molar-refractivity contribution in [3.63, 3.8) is 0 Å². The predicted octanol–water partition coefficient (Wildman–Crippen LogP) is 4.53. The van der Waals surface area contributed by atoms with Gasteiger partial charge in [-0.25, -0.2) is 4.39 Å². The molecule has 2 amide bonds. The summed E-state index contributed by atoms with van der Waals surface area (Å²) in [6.07, 6.45) is 0. The monoisotopic (exact) mass is 416 g/mol. The maximum Gasteiger partial charge on any atom is 0.278 e. The molecule has 0 saturated carbocycles. The Hall–Kier alpha value is -3.93. The number of methoxy groups -OCH3 is 1. The van der Waals surface area contributed by atoms with Crippen LogP contribution >= 0.6 is 0 Å². The molecule has 4 rings (SSSR count). The first-order valence-electron chi connectivity index (χ1n) is 9.80. The highest BCUT2D eigenvalue weighted by atomic mass is 19.1. The zero-order valence-corrected chi connectivity index (χ0v) is 17.2. The van der Waals surface area contributed by atoms with Crippen LogP contribution in [0.1, 0.15) is 16.7 Å². The summed E-state index contributed by atoms with van der Waals surface area (Å²) in [7, 11) is 1.52. The molecule has 0 bridgehead atoms. The summed E-state index contributed by atoms with van der Waals surface area (Å²) in [5, 5.41) is 3.14. The van der Waals surface area contributed by atoms with E-state index in [1.807, 2.05) is 31.2 Å². The van der Waals surface area contributed by atoms with Crippen LogP contribution in [0.5, 0.6) is 5.75 Å². The summed E-state index contributed by atoms with van der Waals surface area (Å²) in [6.45, 7) is 1.98. The summed E-state index contributed by atoms with van der Waals surface area (Å²) in [6, 6.07) is 20.4. The van der Waals surface area contributed by atoms with Gasteiger partial charge < -0.3 is 10.1 Å². The fourth-order valence-corrected chi connectivity index (χ4v) is 3.58. The molecule has 31 heavy (non-hydrogen) atoms. The molecule has 0 saturated heterocycles. The first kappa shape index (κ1) is 20.3. The number of imide groups is 1. The molecule has 3 aromatic rings. The summed E-state index contributed by atoms with van der Waals surface area (Å²) >= 11 is 0. The van der Waals surface area contributed by atoms with Gasteiger partial charge >= 0.3 is 0 Å². The minimum Gasteiger partial charge on any atom is -0.496 e. The topological polar surface area (TPSA) is 58.6 Å². The highest BCUT2D eigenvalue weighted by molar-refractivity contribution is 6.36. The number of hydrogen-bond acceptors (Lipinski definition) is 4. The first-order valence-corrected chi connectivity index (χ1v) is 9.80. The second-order valence-electron chi connectivity index (χ2n) is 7.27. The van der Waals surface area contributed by atoms with E-state index in [0.29, 0.717) is 22.6 Å². The lowest BCUT2D eigenvalue weighted by atomic mass is 10.0. The SMILES string of the molecule is COc1ccccc1C1=C(Nc2cccc(C)c2)C(=O)N(Cc2ccc(F)cc2)C1=O. The van der Waals surface area contributed by atoms with Crippen LogP contribution in [-0.4, -0.2) is 23.8 Å². The van der Waals surface area contributed by atoms with Crippen molar-refractivity contribution in [1.29, 1.82) is 0 Å². The standard InChI is InChI=1S/C25H21FN2O3/c1-16-6-5-7-19(14-16)27-23-22(20-8-3-4-9-21(20)31-2)24(29)28(25(23)30)15-17-10-12-18(26)13-11-17/h3-14,27H,15H2,1-2H3. The summed E-state index contributed by atoms with van der Waals surface area (Å²) in [4.78, 5) is 27.9. The van der Waals surface area contributed by atoms with E-state index >= 15 is 0 Å². The molecule has 0 aromatic heterocycles. The van der Waals surface area contributed by atoms with Gasteiger partial charge in [0.2, 0.25) is 0 Å². The predicted molar refractivity (Wildman–Crippen MR) is 117 cm³/mol. The van der Waals surface area contributed by atoms with Crippen LogP contribution in [-0.2, 0) is 16.1 Å². The third-order valence-electron chi connectivity index (χ3n) is 5.09. The minimum atomic E-state index is -0.447. The van der Waals surface area contributed by atoms with E-state index in [-0.39, 0.29) is 23.6 Å². The van der Waals surface area contributed by atoms with Crippen LogP contribution in [0.25, 0.3) is 5.57 Å². The number of rotatable bonds is 6. The number of hydrogen-bond donors (Lipinski definition) is 1. The molecule has 6 heteroatoms. The molecule has 1 aliphatic heterocycles. The van der Waals surface area contributed by atoms with E-state index in [1.165, 1.54) is 19.2 Å². The average Bonchev–Trinajstić information content (AvgIpc) is 2.99. The molecular formula is C25H21FN2O3. The molecule has 1 aliphatic rings.